The van der Waals surface area contributed by atoms with Crippen molar-refractivity contribution < 1.29 is 18.4 Å². The Morgan fingerprint density at radius 3 is 2.35 bits per heavy atom. The molecule has 1 aromatic heterocycles. The van der Waals surface area contributed by atoms with Gasteiger partial charge in [-0.25, -0.2) is 8.78 Å². The third-order valence-electron chi connectivity index (χ3n) is 3.34. The smallest absolute Gasteiger partial charge is 0.174 e. The summed E-state index contributed by atoms with van der Waals surface area (Å²) in [5.74, 6) is -1.51. The molecule has 2 aromatic carbocycles. The first-order valence-electron chi connectivity index (χ1n) is 6.52. The van der Waals surface area contributed by atoms with E-state index in [2.05, 4.69) is 5.16 Å². The molecule has 0 bridgehead atoms. The maximum Gasteiger partial charge on any atom is 0.174 e. The van der Waals surface area contributed by atoms with Gasteiger partial charge >= 0.3 is 0 Å². The van der Waals surface area contributed by atoms with Gasteiger partial charge in [0.25, 0.3) is 0 Å². The van der Waals surface area contributed by atoms with Crippen molar-refractivity contribution in [3.05, 3.63) is 63.6 Å². The van der Waals surface area contributed by atoms with Crippen LogP contribution in [0.3, 0.4) is 0 Å². The molecule has 0 unspecified atom stereocenters. The molecule has 7 heteroatoms. The van der Waals surface area contributed by atoms with E-state index in [1.54, 1.807) is 18.2 Å². The van der Waals surface area contributed by atoms with E-state index >= 15 is 0 Å². The standard InChI is InChI=1S/C16H9Cl2F2NO2/c17-10-4-1-3-8(14(10)18)16-9(7-22)15(21-23-16)13-11(19)5-2-6-12(13)20/h1-6,22H,7H2. The maximum absolute atomic E-state index is 14.0. The minimum Gasteiger partial charge on any atom is -0.391 e. The number of hydrogen-bond acceptors (Lipinski definition) is 3. The summed E-state index contributed by atoms with van der Waals surface area (Å²) in [6.07, 6.45) is 0. The van der Waals surface area contributed by atoms with E-state index in [0.29, 0.717) is 5.56 Å². The number of halogens is 4. The summed E-state index contributed by atoms with van der Waals surface area (Å²) >= 11 is 12.1. The first-order chi connectivity index (χ1) is 11.0. The molecule has 23 heavy (non-hydrogen) atoms. The Balaban J connectivity index is 2.24. The number of rotatable bonds is 3. The molecule has 0 aliphatic heterocycles. The maximum atomic E-state index is 14.0. The van der Waals surface area contributed by atoms with Crippen molar-refractivity contribution >= 4 is 23.2 Å². The van der Waals surface area contributed by atoms with E-state index in [0.717, 1.165) is 12.1 Å². The Morgan fingerprint density at radius 2 is 1.70 bits per heavy atom. The molecule has 0 amide bonds. The molecule has 0 aliphatic carbocycles. The van der Waals surface area contributed by atoms with E-state index in [9.17, 15) is 13.9 Å². The third-order valence-corrected chi connectivity index (χ3v) is 4.16. The van der Waals surface area contributed by atoms with Crippen molar-refractivity contribution in [1.82, 2.24) is 5.16 Å². The molecule has 0 aliphatic rings. The number of nitrogens with zero attached hydrogens (tertiary/aromatic N) is 1. The Kier molecular flexibility index (Phi) is 4.35. The summed E-state index contributed by atoms with van der Waals surface area (Å²) in [6.45, 7) is -0.537. The van der Waals surface area contributed by atoms with Crippen LogP contribution < -0.4 is 0 Å². The van der Waals surface area contributed by atoms with Crippen molar-refractivity contribution in [3.8, 4) is 22.6 Å². The Morgan fingerprint density at radius 1 is 1.04 bits per heavy atom. The monoisotopic (exact) mass is 355 g/mol. The lowest BCUT2D eigenvalue weighted by Crippen LogP contribution is -1.95. The van der Waals surface area contributed by atoms with E-state index in [1.165, 1.54) is 6.07 Å². The highest BCUT2D eigenvalue weighted by atomic mass is 35.5. The van der Waals surface area contributed by atoms with Gasteiger partial charge in [0.15, 0.2) is 5.76 Å². The largest absolute Gasteiger partial charge is 0.391 e. The zero-order valence-electron chi connectivity index (χ0n) is 11.5. The van der Waals surface area contributed by atoms with Gasteiger partial charge in [-0.05, 0) is 24.3 Å². The first kappa shape index (κ1) is 15.9. The predicted octanol–water partition coefficient (Wildman–Crippen LogP) is 5.09. The fourth-order valence-electron chi connectivity index (χ4n) is 2.27. The highest BCUT2D eigenvalue weighted by Crippen LogP contribution is 2.39. The molecule has 0 atom stereocenters. The van der Waals surface area contributed by atoms with E-state index in [1.807, 2.05) is 0 Å². The summed E-state index contributed by atoms with van der Waals surface area (Å²) in [5, 5.41) is 13.8. The van der Waals surface area contributed by atoms with Gasteiger partial charge in [0.1, 0.15) is 17.3 Å². The molecule has 1 heterocycles. The molecule has 1 N–H and O–H groups in total. The average molecular weight is 356 g/mol. The van der Waals surface area contributed by atoms with Gasteiger partial charge in [-0.15, -0.1) is 0 Å². The number of aromatic nitrogens is 1. The second-order valence-corrected chi connectivity index (χ2v) is 5.48. The van der Waals surface area contributed by atoms with Gasteiger partial charge in [0.05, 0.1) is 27.8 Å². The van der Waals surface area contributed by atoms with Gasteiger partial charge in [0.2, 0.25) is 0 Å². The van der Waals surface area contributed by atoms with Crippen LogP contribution in [0, 0.1) is 11.6 Å². The van der Waals surface area contributed by atoms with Crippen molar-refractivity contribution in [2.24, 2.45) is 0 Å². The molecule has 0 saturated heterocycles. The Labute approximate surface area is 140 Å². The molecule has 3 rings (SSSR count). The molecule has 118 valence electrons. The Hall–Kier alpha value is -1.95. The lowest BCUT2D eigenvalue weighted by Gasteiger charge is -2.05. The number of aliphatic hydroxyl groups is 1. The fourth-order valence-corrected chi connectivity index (χ4v) is 2.65. The molecule has 3 aromatic rings. The molecular weight excluding hydrogens is 347 g/mol. The van der Waals surface area contributed by atoms with Gasteiger partial charge in [-0.2, -0.15) is 0 Å². The molecule has 0 fully saturated rings. The summed E-state index contributed by atoms with van der Waals surface area (Å²) in [7, 11) is 0. The highest BCUT2D eigenvalue weighted by Gasteiger charge is 2.24. The zero-order chi connectivity index (χ0) is 16.6. The van der Waals surface area contributed by atoms with Crippen molar-refractivity contribution in [2.75, 3.05) is 0 Å². The van der Waals surface area contributed by atoms with E-state index in [-0.39, 0.29) is 32.6 Å². The second kappa shape index (κ2) is 6.28. The van der Waals surface area contributed by atoms with Crippen LogP contribution in [0.15, 0.2) is 40.9 Å². The second-order valence-electron chi connectivity index (χ2n) is 4.70. The number of benzene rings is 2. The lowest BCUT2D eigenvalue weighted by atomic mass is 10.0. The van der Waals surface area contributed by atoms with Crippen molar-refractivity contribution in [2.45, 2.75) is 6.61 Å². The third kappa shape index (κ3) is 2.72. The fraction of sp³-hybridized carbons (Fsp3) is 0.0625. The van der Waals surface area contributed by atoms with E-state index in [4.69, 9.17) is 27.7 Å². The van der Waals surface area contributed by atoms with Gasteiger partial charge < -0.3 is 9.63 Å². The predicted molar refractivity (Wildman–Crippen MR) is 83.2 cm³/mol. The van der Waals surface area contributed by atoms with Gasteiger partial charge in [0, 0.05) is 5.56 Å². The van der Waals surface area contributed by atoms with Crippen LogP contribution >= 0.6 is 23.2 Å². The minimum atomic E-state index is -0.809. The van der Waals surface area contributed by atoms with Crippen LogP contribution in [0.5, 0.6) is 0 Å². The van der Waals surface area contributed by atoms with Crippen LogP contribution in [0.2, 0.25) is 10.0 Å². The lowest BCUT2D eigenvalue weighted by molar-refractivity contribution is 0.281. The highest BCUT2D eigenvalue weighted by molar-refractivity contribution is 6.43. The van der Waals surface area contributed by atoms with Crippen molar-refractivity contribution in [1.29, 1.82) is 0 Å². The molecule has 0 radical (unpaired) electrons. The van der Waals surface area contributed by atoms with E-state index < -0.39 is 18.2 Å². The van der Waals surface area contributed by atoms with Crippen molar-refractivity contribution in [3.63, 3.8) is 0 Å². The number of aliphatic hydroxyl groups excluding tert-OH is 1. The summed E-state index contributed by atoms with van der Waals surface area (Å²) in [6, 6.07) is 8.26. The first-order valence-corrected chi connectivity index (χ1v) is 7.28. The summed E-state index contributed by atoms with van der Waals surface area (Å²) < 4.78 is 33.1. The van der Waals surface area contributed by atoms with Crippen LogP contribution in [0.25, 0.3) is 22.6 Å². The normalized spacial score (nSPS) is 11.0. The molecule has 0 saturated carbocycles. The van der Waals surface area contributed by atoms with Crippen LogP contribution in [-0.2, 0) is 6.61 Å². The quantitative estimate of drug-likeness (QED) is 0.711. The zero-order valence-corrected chi connectivity index (χ0v) is 13.0. The molecular formula is C16H9Cl2F2NO2. The van der Waals surface area contributed by atoms with Crippen LogP contribution in [-0.4, -0.2) is 10.3 Å². The topological polar surface area (TPSA) is 46.3 Å². The molecule has 3 nitrogen and oxygen atoms in total. The summed E-state index contributed by atoms with van der Waals surface area (Å²) in [5.41, 5.74) is 0.00993. The SMILES string of the molecule is OCc1c(-c2c(F)cccc2F)noc1-c1cccc(Cl)c1Cl. The minimum absolute atomic E-state index is 0.109. The van der Waals surface area contributed by atoms with Gasteiger partial charge in [-0.1, -0.05) is 40.5 Å². The molecule has 0 spiro atoms. The van der Waals surface area contributed by atoms with Gasteiger partial charge in [-0.3, -0.25) is 0 Å². The Bertz CT molecular complexity index is 860. The summed E-state index contributed by atoms with van der Waals surface area (Å²) in [4.78, 5) is 0. The van der Waals surface area contributed by atoms with Crippen LogP contribution in [0.4, 0.5) is 8.78 Å². The average Bonchev–Trinajstić information content (AvgIpc) is 2.93. The number of hydrogen-bond donors (Lipinski definition) is 1. The van der Waals surface area contributed by atoms with Crippen LogP contribution in [0.1, 0.15) is 5.56 Å².